The van der Waals surface area contributed by atoms with E-state index in [2.05, 4.69) is 9.72 Å². The molecule has 0 radical (unpaired) electrons. The molecule has 0 saturated carbocycles. The Morgan fingerprint density at radius 2 is 2.12 bits per heavy atom. The summed E-state index contributed by atoms with van der Waals surface area (Å²) in [6, 6.07) is 2.62. The van der Waals surface area contributed by atoms with Crippen molar-refractivity contribution in [1.82, 2.24) is 4.98 Å². The van der Waals surface area contributed by atoms with Crippen LogP contribution < -0.4 is 4.74 Å². The van der Waals surface area contributed by atoms with Gasteiger partial charge >= 0.3 is 6.36 Å². The summed E-state index contributed by atoms with van der Waals surface area (Å²) in [4.78, 5) is 3.14. The van der Waals surface area contributed by atoms with Gasteiger partial charge in [-0.3, -0.25) is 0 Å². The maximum atomic E-state index is 12.3. The fourth-order valence-corrected chi connectivity index (χ4v) is 1.09. The van der Waals surface area contributed by atoms with Crippen LogP contribution in [0.5, 0.6) is 11.6 Å². The highest BCUT2D eigenvalue weighted by Gasteiger charge is 2.33. The average Bonchev–Trinajstić information content (AvgIpc) is 2.22. The van der Waals surface area contributed by atoms with Crippen LogP contribution >= 0.6 is 0 Å². The first kappa shape index (κ1) is 13.0. The van der Waals surface area contributed by atoms with Crippen LogP contribution in [0.1, 0.15) is 11.3 Å². The van der Waals surface area contributed by atoms with Crippen molar-refractivity contribution >= 4 is 0 Å². The van der Waals surface area contributed by atoms with Crippen LogP contribution in [0.15, 0.2) is 6.07 Å². The molecule has 0 fully saturated rings. The smallest absolute Gasteiger partial charge is 0.503 e. The molecule has 92 valence electrons. The predicted octanol–water partition coefficient (Wildman–Crippen LogP) is 2.22. The fourth-order valence-electron chi connectivity index (χ4n) is 1.09. The summed E-state index contributed by atoms with van der Waals surface area (Å²) in [5, 5.41) is 17.7. The molecule has 17 heavy (non-hydrogen) atoms. The van der Waals surface area contributed by atoms with Crippen molar-refractivity contribution in [3.05, 3.63) is 17.3 Å². The number of aromatic nitrogens is 1. The number of nitrogens with zero attached hydrogens (tertiary/aromatic N) is 2. The number of hydrogen-bond donors (Lipinski definition) is 1. The molecule has 4 nitrogen and oxygen atoms in total. The molecular formula is C9H6F4N2O2. The molecule has 0 aliphatic carbocycles. The van der Waals surface area contributed by atoms with E-state index < -0.39 is 24.7 Å². The maximum absolute atomic E-state index is 12.3. The quantitative estimate of drug-likeness (QED) is 0.835. The summed E-state index contributed by atoms with van der Waals surface area (Å²) < 4.78 is 51.6. The Labute approximate surface area is 93.1 Å². The summed E-state index contributed by atoms with van der Waals surface area (Å²) >= 11 is 0. The highest BCUT2D eigenvalue weighted by atomic mass is 19.4. The van der Waals surface area contributed by atoms with E-state index in [9.17, 15) is 22.7 Å². The van der Waals surface area contributed by atoms with E-state index in [1.165, 1.54) is 0 Å². The van der Waals surface area contributed by atoms with Gasteiger partial charge in [-0.15, -0.1) is 13.2 Å². The zero-order chi connectivity index (χ0) is 13.1. The molecule has 1 aromatic heterocycles. The highest BCUT2D eigenvalue weighted by molar-refractivity contribution is 5.43. The van der Waals surface area contributed by atoms with Crippen LogP contribution in [-0.2, 0) is 13.1 Å². The van der Waals surface area contributed by atoms with Gasteiger partial charge in [-0.25, -0.2) is 9.37 Å². The van der Waals surface area contributed by atoms with E-state index in [1.54, 1.807) is 6.07 Å². The second-order valence-corrected chi connectivity index (χ2v) is 2.94. The van der Waals surface area contributed by atoms with Gasteiger partial charge in [0.15, 0.2) is 5.75 Å². The first-order valence-corrected chi connectivity index (χ1v) is 4.27. The Morgan fingerprint density at radius 3 is 2.59 bits per heavy atom. The summed E-state index contributed by atoms with van der Waals surface area (Å²) in [6.45, 7) is -1.13. The molecule has 0 aromatic carbocycles. The van der Waals surface area contributed by atoms with Crippen molar-refractivity contribution in [2.24, 2.45) is 0 Å². The first-order chi connectivity index (χ1) is 7.87. The Hall–Kier alpha value is -2.04. The van der Waals surface area contributed by atoms with Gasteiger partial charge in [-0.2, -0.15) is 5.26 Å². The maximum Gasteiger partial charge on any atom is 0.574 e. The number of hydrogen-bond acceptors (Lipinski definition) is 4. The SMILES string of the molecule is N#CCc1cc(CF)nc(OC(F)(F)F)c1O. The molecule has 0 unspecified atom stereocenters. The second-order valence-electron chi connectivity index (χ2n) is 2.94. The van der Waals surface area contributed by atoms with E-state index in [0.29, 0.717) is 0 Å². The molecule has 0 saturated heterocycles. The third-order valence-electron chi connectivity index (χ3n) is 1.71. The number of alkyl halides is 4. The van der Waals surface area contributed by atoms with Gasteiger partial charge in [0.25, 0.3) is 5.88 Å². The Balaban J connectivity index is 3.20. The summed E-state index contributed by atoms with van der Waals surface area (Å²) in [5.41, 5.74) is -0.526. The molecule has 0 aliphatic rings. The molecular weight excluding hydrogens is 244 g/mol. The van der Waals surface area contributed by atoms with Gasteiger partial charge in [0, 0.05) is 5.56 Å². The van der Waals surface area contributed by atoms with Gasteiger partial charge in [0.05, 0.1) is 18.2 Å². The van der Waals surface area contributed by atoms with Crippen LogP contribution in [0.4, 0.5) is 17.6 Å². The van der Waals surface area contributed by atoms with E-state index in [-0.39, 0.29) is 17.7 Å². The normalized spacial score (nSPS) is 11.0. The van der Waals surface area contributed by atoms with Crippen LogP contribution in [0.3, 0.4) is 0 Å². The summed E-state index contributed by atoms with van der Waals surface area (Å²) in [7, 11) is 0. The van der Waals surface area contributed by atoms with Crippen molar-refractivity contribution in [3.63, 3.8) is 0 Å². The van der Waals surface area contributed by atoms with Gasteiger partial charge in [0.2, 0.25) is 0 Å². The van der Waals surface area contributed by atoms with Crippen molar-refractivity contribution < 1.29 is 27.4 Å². The number of pyridine rings is 1. The molecule has 1 heterocycles. The molecule has 8 heteroatoms. The molecule has 0 spiro atoms. The number of rotatable bonds is 3. The summed E-state index contributed by atoms with van der Waals surface area (Å²) in [6.07, 6.45) is -5.43. The molecule has 1 aromatic rings. The van der Waals surface area contributed by atoms with Gasteiger partial charge in [-0.05, 0) is 6.07 Å². The van der Waals surface area contributed by atoms with Crippen molar-refractivity contribution in [3.8, 4) is 17.7 Å². The highest BCUT2D eigenvalue weighted by Crippen LogP contribution is 2.33. The van der Waals surface area contributed by atoms with E-state index >= 15 is 0 Å². The van der Waals surface area contributed by atoms with Crippen LogP contribution in [0.2, 0.25) is 0 Å². The molecule has 1 N–H and O–H groups in total. The van der Waals surface area contributed by atoms with Crippen LogP contribution in [0, 0.1) is 11.3 Å². The van der Waals surface area contributed by atoms with Crippen molar-refractivity contribution in [1.29, 1.82) is 5.26 Å². The lowest BCUT2D eigenvalue weighted by Gasteiger charge is -2.12. The molecule has 0 bridgehead atoms. The Morgan fingerprint density at radius 1 is 1.47 bits per heavy atom. The van der Waals surface area contributed by atoms with Crippen LogP contribution in [-0.4, -0.2) is 16.5 Å². The molecule has 0 aliphatic heterocycles. The number of aromatic hydroxyl groups is 1. The average molecular weight is 250 g/mol. The number of ether oxygens (including phenoxy) is 1. The van der Waals surface area contributed by atoms with E-state index in [1.807, 2.05) is 0 Å². The minimum Gasteiger partial charge on any atom is -0.503 e. The minimum absolute atomic E-state index is 0.172. The Bertz CT molecular complexity index is 454. The second kappa shape index (κ2) is 4.86. The van der Waals surface area contributed by atoms with Crippen molar-refractivity contribution in [2.45, 2.75) is 19.5 Å². The van der Waals surface area contributed by atoms with Crippen molar-refractivity contribution in [2.75, 3.05) is 0 Å². The Kier molecular flexibility index (Phi) is 3.73. The zero-order valence-electron chi connectivity index (χ0n) is 8.25. The monoisotopic (exact) mass is 250 g/mol. The third-order valence-corrected chi connectivity index (χ3v) is 1.71. The lowest BCUT2D eigenvalue weighted by Crippen LogP contribution is -2.18. The van der Waals surface area contributed by atoms with Crippen LogP contribution in [0.25, 0.3) is 0 Å². The van der Waals surface area contributed by atoms with Gasteiger partial charge in [-0.1, -0.05) is 0 Å². The number of nitriles is 1. The third kappa shape index (κ3) is 3.48. The predicted molar refractivity (Wildman–Crippen MR) is 46.7 cm³/mol. The molecule has 1 rings (SSSR count). The van der Waals surface area contributed by atoms with Gasteiger partial charge in [0.1, 0.15) is 6.67 Å². The van der Waals surface area contributed by atoms with E-state index in [0.717, 1.165) is 6.07 Å². The lowest BCUT2D eigenvalue weighted by molar-refractivity contribution is -0.276. The first-order valence-electron chi connectivity index (χ1n) is 4.27. The molecule has 0 amide bonds. The standard InChI is InChI=1S/C9H6F4N2O2/c10-4-6-3-5(1-2-14)7(16)8(15-6)17-9(11,12)13/h3,16H,1,4H2. The lowest BCUT2D eigenvalue weighted by atomic mass is 10.1. The van der Waals surface area contributed by atoms with Gasteiger partial charge < -0.3 is 9.84 Å². The molecule has 0 atom stereocenters. The van der Waals surface area contributed by atoms with E-state index in [4.69, 9.17) is 5.26 Å². The summed E-state index contributed by atoms with van der Waals surface area (Å²) in [5.74, 6) is -2.07. The number of halogens is 4. The largest absolute Gasteiger partial charge is 0.574 e. The topological polar surface area (TPSA) is 66.1 Å². The minimum atomic E-state index is -5.05. The zero-order valence-corrected chi connectivity index (χ0v) is 8.25. The fraction of sp³-hybridized carbons (Fsp3) is 0.333.